The lowest BCUT2D eigenvalue weighted by atomic mass is 10.2. The fourth-order valence-corrected chi connectivity index (χ4v) is 4.45. The SMILES string of the molecule is Cc1csc(/N=C2/S/C(=C\c3ccccc3Cl)C(=O)N2c2ccccc2)n1. The van der Waals surface area contributed by atoms with Gasteiger partial charge >= 0.3 is 0 Å². The molecule has 2 heterocycles. The van der Waals surface area contributed by atoms with Crippen LogP contribution in [0.3, 0.4) is 0 Å². The zero-order chi connectivity index (χ0) is 18.8. The van der Waals surface area contributed by atoms with Crippen molar-refractivity contribution < 1.29 is 4.79 Å². The fourth-order valence-electron chi connectivity index (χ4n) is 2.56. The summed E-state index contributed by atoms with van der Waals surface area (Å²) >= 11 is 9.03. The Morgan fingerprint density at radius 3 is 2.56 bits per heavy atom. The van der Waals surface area contributed by atoms with Crippen LogP contribution in [0.1, 0.15) is 11.3 Å². The quantitative estimate of drug-likeness (QED) is 0.503. The standard InChI is InChI=1S/C20H14ClN3OS2/c1-13-12-26-19(22-13)23-20-24(15-8-3-2-4-9-15)18(25)17(27-20)11-14-7-5-6-10-16(14)21/h2-12H,1H3/b17-11-,23-20+. The number of thiazole rings is 1. The molecule has 3 aromatic rings. The molecule has 0 bridgehead atoms. The summed E-state index contributed by atoms with van der Waals surface area (Å²) in [7, 11) is 0. The van der Waals surface area contributed by atoms with Crippen molar-refractivity contribution in [1.29, 1.82) is 0 Å². The Morgan fingerprint density at radius 1 is 1.11 bits per heavy atom. The summed E-state index contributed by atoms with van der Waals surface area (Å²) in [4.78, 5) is 24.3. The number of hydrogen-bond donors (Lipinski definition) is 0. The zero-order valence-electron chi connectivity index (χ0n) is 14.3. The van der Waals surface area contributed by atoms with Crippen LogP contribution in [-0.4, -0.2) is 16.1 Å². The van der Waals surface area contributed by atoms with Crippen LogP contribution in [-0.2, 0) is 4.79 Å². The molecule has 134 valence electrons. The Bertz CT molecular complexity index is 1060. The lowest BCUT2D eigenvalue weighted by Crippen LogP contribution is -2.28. The van der Waals surface area contributed by atoms with Crippen molar-refractivity contribution in [1.82, 2.24) is 4.98 Å². The molecule has 1 aromatic heterocycles. The van der Waals surface area contributed by atoms with E-state index in [0.29, 0.717) is 20.2 Å². The predicted octanol–water partition coefficient (Wildman–Crippen LogP) is 5.91. The predicted molar refractivity (Wildman–Crippen MR) is 115 cm³/mol. The van der Waals surface area contributed by atoms with Crippen LogP contribution in [0.2, 0.25) is 5.02 Å². The van der Waals surface area contributed by atoms with Gasteiger partial charge in [-0.15, -0.1) is 11.3 Å². The van der Waals surface area contributed by atoms with Crippen LogP contribution in [0.5, 0.6) is 0 Å². The molecule has 1 fully saturated rings. The number of rotatable bonds is 3. The van der Waals surface area contributed by atoms with Crippen molar-refractivity contribution in [3.8, 4) is 0 Å². The van der Waals surface area contributed by atoms with E-state index < -0.39 is 0 Å². The maximum atomic E-state index is 13.1. The first kappa shape index (κ1) is 18.0. The van der Waals surface area contributed by atoms with Gasteiger partial charge in [-0.05, 0) is 48.5 Å². The summed E-state index contributed by atoms with van der Waals surface area (Å²) in [5.74, 6) is -0.127. The second-order valence-corrected chi connectivity index (χ2v) is 8.03. The number of para-hydroxylation sites is 1. The second-order valence-electron chi connectivity index (χ2n) is 5.77. The van der Waals surface area contributed by atoms with Gasteiger partial charge in [0.05, 0.1) is 16.3 Å². The number of amides is 1. The molecule has 0 N–H and O–H groups in total. The Morgan fingerprint density at radius 2 is 1.85 bits per heavy atom. The van der Waals surface area contributed by atoms with Crippen molar-refractivity contribution in [3.63, 3.8) is 0 Å². The fraction of sp³-hybridized carbons (Fsp3) is 0.0500. The highest BCUT2D eigenvalue weighted by molar-refractivity contribution is 8.19. The van der Waals surface area contributed by atoms with E-state index in [0.717, 1.165) is 16.9 Å². The minimum absolute atomic E-state index is 0.127. The normalized spacial score (nSPS) is 17.3. The average molecular weight is 412 g/mol. The minimum Gasteiger partial charge on any atom is -0.268 e. The van der Waals surface area contributed by atoms with E-state index >= 15 is 0 Å². The van der Waals surface area contributed by atoms with Gasteiger partial charge < -0.3 is 0 Å². The molecule has 0 spiro atoms. The molecule has 27 heavy (non-hydrogen) atoms. The van der Waals surface area contributed by atoms with E-state index in [1.807, 2.05) is 60.8 Å². The molecule has 1 aliphatic heterocycles. The summed E-state index contributed by atoms with van der Waals surface area (Å²) in [6.45, 7) is 1.92. The van der Waals surface area contributed by atoms with E-state index in [-0.39, 0.29) is 5.91 Å². The third-order valence-corrected chi connectivity index (χ3v) is 5.98. The van der Waals surface area contributed by atoms with Gasteiger partial charge in [-0.25, -0.2) is 4.98 Å². The van der Waals surface area contributed by atoms with Gasteiger partial charge in [-0.2, -0.15) is 4.99 Å². The first-order valence-corrected chi connectivity index (χ1v) is 10.2. The smallest absolute Gasteiger partial charge is 0.268 e. The number of benzene rings is 2. The van der Waals surface area contributed by atoms with Crippen LogP contribution in [0.4, 0.5) is 10.8 Å². The Labute approximate surface area is 170 Å². The Kier molecular flexibility index (Phi) is 5.11. The number of amidine groups is 1. The number of aliphatic imine (C=N–C) groups is 1. The Hall–Kier alpha value is -2.41. The molecule has 2 aromatic carbocycles. The minimum atomic E-state index is -0.127. The van der Waals surface area contributed by atoms with Gasteiger partial charge in [-0.3, -0.25) is 9.69 Å². The number of hydrogen-bond acceptors (Lipinski definition) is 5. The Balaban J connectivity index is 1.78. The largest absolute Gasteiger partial charge is 0.271 e. The van der Waals surface area contributed by atoms with Crippen molar-refractivity contribution in [2.75, 3.05) is 4.90 Å². The summed E-state index contributed by atoms with van der Waals surface area (Å²) < 4.78 is 0. The molecular formula is C20H14ClN3OS2. The van der Waals surface area contributed by atoms with E-state index in [1.165, 1.54) is 23.1 Å². The highest BCUT2D eigenvalue weighted by Gasteiger charge is 2.35. The van der Waals surface area contributed by atoms with Crippen LogP contribution in [0.15, 0.2) is 69.9 Å². The van der Waals surface area contributed by atoms with Crippen LogP contribution in [0, 0.1) is 6.92 Å². The van der Waals surface area contributed by atoms with Crippen molar-refractivity contribution in [2.24, 2.45) is 4.99 Å². The summed E-state index contributed by atoms with van der Waals surface area (Å²) in [5.41, 5.74) is 2.48. The summed E-state index contributed by atoms with van der Waals surface area (Å²) in [6, 6.07) is 16.9. The number of anilines is 1. The number of aromatic nitrogens is 1. The topological polar surface area (TPSA) is 45.6 Å². The third-order valence-electron chi connectivity index (χ3n) is 3.81. The van der Waals surface area contributed by atoms with Gasteiger partial charge in [0.25, 0.3) is 5.91 Å². The van der Waals surface area contributed by atoms with Gasteiger partial charge in [0.15, 0.2) is 5.17 Å². The maximum Gasteiger partial charge on any atom is 0.271 e. The molecule has 1 saturated heterocycles. The van der Waals surface area contributed by atoms with Gasteiger partial charge in [0.1, 0.15) is 0 Å². The monoisotopic (exact) mass is 411 g/mol. The summed E-state index contributed by atoms with van der Waals surface area (Å²) in [5, 5.41) is 3.75. The first-order chi connectivity index (χ1) is 13.1. The number of nitrogens with zero attached hydrogens (tertiary/aromatic N) is 3. The van der Waals surface area contributed by atoms with Crippen LogP contribution in [0.25, 0.3) is 6.08 Å². The van der Waals surface area contributed by atoms with E-state index in [2.05, 4.69) is 9.98 Å². The number of aryl methyl sites for hydroxylation is 1. The number of thioether (sulfide) groups is 1. The van der Waals surface area contributed by atoms with Gasteiger partial charge in [-0.1, -0.05) is 48.0 Å². The van der Waals surface area contributed by atoms with Crippen molar-refractivity contribution >= 4 is 62.7 Å². The molecule has 4 nitrogen and oxygen atoms in total. The lowest BCUT2D eigenvalue weighted by molar-refractivity contribution is -0.113. The molecule has 1 amide bonds. The number of carbonyl (C=O) groups excluding carboxylic acids is 1. The number of halogens is 1. The molecule has 4 rings (SSSR count). The summed E-state index contributed by atoms with van der Waals surface area (Å²) in [6.07, 6.45) is 1.81. The molecule has 0 saturated carbocycles. The van der Waals surface area contributed by atoms with E-state index in [9.17, 15) is 4.79 Å². The van der Waals surface area contributed by atoms with Gasteiger partial charge in [0.2, 0.25) is 5.13 Å². The maximum absolute atomic E-state index is 13.1. The third kappa shape index (κ3) is 3.83. The highest BCUT2D eigenvalue weighted by Crippen LogP contribution is 2.38. The lowest BCUT2D eigenvalue weighted by Gasteiger charge is -2.14. The molecule has 7 heteroatoms. The van der Waals surface area contributed by atoms with Gasteiger partial charge in [0, 0.05) is 10.4 Å². The molecular weight excluding hydrogens is 398 g/mol. The van der Waals surface area contributed by atoms with Crippen molar-refractivity contribution in [2.45, 2.75) is 6.92 Å². The molecule has 0 unspecified atom stereocenters. The zero-order valence-corrected chi connectivity index (χ0v) is 16.7. The molecule has 0 aliphatic carbocycles. The molecule has 0 radical (unpaired) electrons. The number of carbonyl (C=O) groups is 1. The molecule has 1 aliphatic rings. The van der Waals surface area contributed by atoms with Crippen LogP contribution < -0.4 is 4.90 Å². The highest BCUT2D eigenvalue weighted by atomic mass is 35.5. The first-order valence-electron chi connectivity index (χ1n) is 8.16. The average Bonchev–Trinajstić information content (AvgIpc) is 3.21. The second kappa shape index (κ2) is 7.68. The van der Waals surface area contributed by atoms with Crippen LogP contribution >= 0.6 is 34.7 Å². The van der Waals surface area contributed by atoms with E-state index in [1.54, 1.807) is 17.0 Å². The van der Waals surface area contributed by atoms with E-state index in [4.69, 9.17) is 11.6 Å². The van der Waals surface area contributed by atoms with Crippen molar-refractivity contribution in [3.05, 3.63) is 81.2 Å². The molecule has 0 atom stereocenters.